The van der Waals surface area contributed by atoms with Gasteiger partial charge in [-0.1, -0.05) is 18.2 Å². The van der Waals surface area contributed by atoms with E-state index in [0.29, 0.717) is 31.5 Å². The second-order valence-corrected chi connectivity index (χ2v) is 5.05. The fraction of sp³-hybridized carbons (Fsp3) is 0.294. The maximum absolute atomic E-state index is 12.0. The molecule has 0 aliphatic carbocycles. The average Bonchev–Trinajstić information content (AvgIpc) is 3.04. The third-order valence-corrected chi connectivity index (χ3v) is 3.29. The van der Waals surface area contributed by atoms with Crippen molar-refractivity contribution in [1.29, 1.82) is 0 Å². The molecule has 0 bridgehead atoms. The van der Waals surface area contributed by atoms with Crippen LogP contribution in [0.2, 0.25) is 0 Å². The van der Waals surface area contributed by atoms with E-state index >= 15 is 0 Å². The molecule has 5 heteroatoms. The molecule has 22 heavy (non-hydrogen) atoms. The molecule has 2 rings (SSSR count). The zero-order valence-electron chi connectivity index (χ0n) is 12.6. The third-order valence-electron chi connectivity index (χ3n) is 3.29. The molecule has 0 saturated carbocycles. The van der Waals surface area contributed by atoms with E-state index in [-0.39, 0.29) is 11.8 Å². The third kappa shape index (κ3) is 4.77. The lowest BCUT2D eigenvalue weighted by Crippen LogP contribution is -2.28. The van der Waals surface area contributed by atoms with E-state index in [1.807, 2.05) is 24.3 Å². The predicted octanol–water partition coefficient (Wildman–Crippen LogP) is 2.45. The van der Waals surface area contributed by atoms with Gasteiger partial charge in [0.05, 0.1) is 12.8 Å². The molecule has 1 heterocycles. The van der Waals surface area contributed by atoms with Gasteiger partial charge in [0.1, 0.15) is 5.76 Å². The first kappa shape index (κ1) is 15.8. The first-order valence-corrected chi connectivity index (χ1v) is 7.26. The van der Waals surface area contributed by atoms with Crippen LogP contribution in [0.5, 0.6) is 0 Å². The van der Waals surface area contributed by atoms with E-state index in [2.05, 4.69) is 5.32 Å². The van der Waals surface area contributed by atoms with Gasteiger partial charge < -0.3 is 14.6 Å². The Balaban J connectivity index is 1.65. The highest BCUT2D eigenvalue weighted by molar-refractivity contribution is 5.94. The first-order chi connectivity index (χ1) is 10.7. The number of hydrogen-bond acceptors (Lipinski definition) is 3. The molecule has 0 aliphatic rings. The summed E-state index contributed by atoms with van der Waals surface area (Å²) in [7, 11) is 1.74. The molecule has 0 aliphatic heterocycles. The summed E-state index contributed by atoms with van der Waals surface area (Å²) >= 11 is 0. The number of rotatable bonds is 7. The summed E-state index contributed by atoms with van der Waals surface area (Å²) in [5.74, 6) is 0.676. The minimum absolute atomic E-state index is 0.0327. The van der Waals surface area contributed by atoms with Gasteiger partial charge in [0.25, 0.3) is 5.91 Å². The molecule has 0 atom stereocenters. The van der Waals surface area contributed by atoms with Crippen LogP contribution in [0.15, 0.2) is 53.1 Å². The Morgan fingerprint density at radius 2 is 1.91 bits per heavy atom. The van der Waals surface area contributed by atoms with E-state index in [0.717, 1.165) is 5.76 Å². The van der Waals surface area contributed by atoms with Crippen molar-refractivity contribution in [2.45, 2.75) is 19.4 Å². The molecule has 1 aromatic carbocycles. The highest BCUT2D eigenvalue weighted by atomic mass is 16.3. The molecule has 0 spiro atoms. The van der Waals surface area contributed by atoms with Gasteiger partial charge >= 0.3 is 0 Å². The van der Waals surface area contributed by atoms with Crippen molar-refractivity contribution in [3.05, 3.63) is 60.1 Å². The lowest BCUT2D eigenvalue weighted by atomic mass is 10.2. The Morgan fingerprint density at radius 1 is 1.14 bits per heavy atom. The molecule has 2 amide bonds. The van der Waals surface area contributed by atoms with Crippen molar-refractivity contribution in [3.8, 4) is 0 Å². The smallest absolute Gasteiger partial charge is 0.251 e. The van der Waals surface area contributed by atoms with Gasteiger partial charge in [0, 0.05) is 25.6 Å². The van der Waals surface area contributed by atoms with Gasteiger partial charge in [-0.25, -0.2) is 0 Å². The van der Waals surface area contributed by atoms with Gasteiger partial charge in [0.15, 0.2) is 0 Å². The molecule has 0 unspecified atom stereocenters. The average molecular weight is 300 g/mol. The number of carbonyl (C=O) groups excluding carboxylic acids is 2. The highest BCUT2D eigenvalue weighted by Gasteiger charge is 2.10. The molecule has 2 aromatic rings. The van der Waals surface area contributed by atoms with Gasteiger partial charge in [-0.15, -0.1) is 0 Å². The summed E-state index contributed by atoms with van der Waals surface area (Å²) in [5.41, 5.74) is 0.628. The fourth-order valence-corrected chi connectivity index (χ4v) is 2.05. The van der Waals surface area contributed by atoms with Crippen molar-refractivity contribution < 1.29 is 14.0 Å². The highest BCUT2D eigenvalue weighted by Crippen LogP contribution is 2.06. The minimum Gasteiger partial charge on any atom is -0.467 e. The van der Waals surface area contributed by atoms with Gasteiger partial charge in [0.2, 0.25) is 5.91 Å². The molecular weight excluding hydrogens is 280 g/mol. The molecule has 5 nitrogen and oxygen atoms in total. The van der Waals surface area contributed by atoms with E-state index < -0.39 is 0 Å². The van der Waals surface area contributed by atoms with Crippen molar-refractivity contribution in [1.82, 2.24) is 10.2 Å². The number of nitrogens with one attached hydrogen (secondary N) is 1. The first-order valence-electron chi connectivity index (χ1n) is 7.26. The maximum atomic E-state index is 12.0. The monoisotopic (exact) mass is 300 g/mol. The predicted molar refractivity (Wildman–Crippen MR) is 83.2 cm³/mol. The summed E-state index contributed by atoms with van der Waals surface area (Å²) < 4.78 is 5.21. The molecule has 116 valence electrons. The Kier molecular flexibility index (Phi) is 5.77. The lowest BCUT2D eigenvalue weighted by Gasteiger charge is -2.15. The quantitative estimate of drug-likeness (QED) is 0.799. The number of nitrogens with zero attached hydrogens (tertiary/aromatic N) is 1. The number of amides is 2. The summed E-state index contributed by atoms with van der Waals surface area (Å²) in [6.45, 7) is 0.941. The summed E-state index contributed by atoms with van der Waals surface area (Å²) in [5, 5.41) is 2.81. The second-order valence-electron chi connectivity index (χ2n) is 5.05. The Hall–Kier alpha value is -2.56. The van der Waals surface area contributed by atoms with Crippen molar-refractivity contribution in [3.63, 3.8) is 0 Å². The Morgan fingerprint density at radius 3 is 2.59 bits per heavy atom. The molecule has 1 aromatic heterocycles. The zero-order valence-corrected chi connectivity index (χ0v) is 12.6. The van der Waals surface area contributed by atoms with Crippen molar-refractivity contribution in [2.75, 3.05) is 13.6 Å². The van der Waals surface area contributed by atoms with Gasteiger partial charge in [-0.2, -0.15) is 0 Å². The topological polar surface area (TPSA) is 62.6 Å². The van der Waals surface area contributed by atoms with Crippen LogP contribution in [0.3, 0.4) is 0 Å². The van der Waals surface area contributed by atoms with Crippen molar-refractivity contribution in [2.24, 2.45) is 0 Å². The Bertz CT molecular complexity index is 594. The summed E-state index contributed by atoms with van der Waals surface area (Å²) in [6.07, 6.45) is 2.60. The lowest BCUT2D eigenvalue weighted by molar-refractivity contribution is -0.130. The molecule has 0 radical (unpaired) electrons. The maximum Gasteiger partial charge on any atom is 0.251 e. The van der Waals surface area contributed by atoms with E-state index in [1.165, 1.54) is 0 Å². The van der Waals surface area contributed by atoms with Gasteiger partial charge in [-0.3, -0.25) is 9.59 Å². The molecular formula is C17H20N2O3. The summed E-state index contributed by atoms with van der Waals surface area (Å²) in [4.78, 5) is 25.4. The standard InChI is InChI=1S/C17H20N2O3/c1-19(13-15-9-6-12-22-15)16(20)10-5-11-18-17(21)14-7-3-2-4-8-14/h2-4,6-9,12H,5,10-11,13H2,1H3,(H,18,21). The van der Waals surface area contributed by atoms with Crippen LogP contribution in [-0.2, 0) is 11.3 Å². The van der Waals surface area contributed by atoms with Gasteiger partial charge in [-0.05, 0) is 30.7 Å². The van der Waals surface area contributed by atoms with Crippen molar-refractivity contribution >= 4 is 11.8 Å². The normalized spacial score (nSPS) is 10.2. The number of benzene rings is 1. The van der Waals surface area contributed by atoms with Crippen LogP contribution in [0.1, 0.15) is 29.0 Å². The van der Waals surface area contributed by atoms with Crippen LogP contribution >= 0.6 is 0 Å². The Labute approximate surface area is 129 Å². The number of furan rings is 1. The van der Waals surface area contributed by atoms with E-state index in [4.69, 9.17) is 4.42 Å². The van der Waals surface area contributed by atoms with Crippen LogP contribution in [0.25, 0.3) is 0 Å². The zero-order chi connectivity index (χ0) is 15.8. The SMILES string of the molecule is CN(Cc1ccco1)C(=O)CCCNC(=O)c1ccccc1. The van der Waals surface area contributed by atoms with E-state index in [1.54, 1.807) is 36.4 Å². The van der Waals surface area contributed by atoms with Crippen LogP contribution < -0.4 is 5.32 Å². The number of hydrogen-bond donors (Lipinski definition) is 1. The van der Waals surface area contributed by atoms with Crippen LogP contribution in [0, 0.1) is 0 Å². The molecule has 1 N–H and O–H groups in total. The second kappa shape index (κ2) is 8.02. The minimum atomic E-state index is -0.114. The largest absolute Gasteiger partial charge is 0.467 e. The van der Waals surface area contributed by atoms with Crippen LogP contribution in [-0.4, -0.2) is 30.3 Å². The van der Waals surface area contributed by atoms with E-state index in [9.17, 15) is 9.59 Å². The summed E-state index contributed by atoms with van der Waals surface area (Å²) in [6, 6.07) is 12.7. The molecule has 0 fully saturated rings. The van der Waals surface area contributed by atoms with Crippen LogP contribution in [0.4, 0.5) is 0 Å². The molecule has 0 saturated heterocycles. The number of carbonyl (C=O) groups is 2. The fourth-order valence-electron chi connectivity index (χ4n) is 2.05.